The second-order valence-corrected chi connectivity index (χ2v) is 5.88. The van der Waals surface area contributed by atoms with Crippen LogP contribution >= 0.6 is 0 Å². The number of nitrogens with zero attached hydrogens (tertiary/aromatic N) is 3. The zero-order chi connectivity index (χ0) is 16.3. The molecule has 23 heavy (non-hydrogen) atoms. The Kier molecular flexibility index (Phi) is 4.29. The van der Waals surface area contributed by atoms with E-state index in [1.54, 1.807) is 13.1 Å². The first kappa shape index (κ1) is 15.5. The summed E-state index contributed by atoms with van der Waals surface area (Å²) in [5, 5.41) is 13.5. The van der Waals surface area contributed by atoms with E-state index in [1.807, 2.05) is 23.1 Å². The second kappa shape index (κ2) is 6.37. The Morgan fingerprint density at radius 1 is 1.48 bits per heavy atom. The van der Waals surface area contributed by atoms with Crippen LogP contribution in [-0.4, -0.2) is 46.2 Å². The monoisotopic (exact) mass is 316 g/mol. The number of aliphatic hydroxyl groups is 1. The highest BCUT2D eigenvalue weighted by Gasteiger charge is 2.34. The summed E-state index contributed by atoms with van der Waals surface area (Å²) in [4.78, 5) is 22.3. The van der Waals surface area contributed by atoms with Crippen LogP contribution in [0.1, 0.15) is 29.1 Å². The molecule has 1 amide bonds. The van der Waals surface area contributed by atoms with Crippen molar-refractivity contribution in [3.63, 3.8) is 0 Å². The molecule has 2 N–H and O–H groups in total. The van der Waals surface area contributed by atoms with Crippen LogP contribution in [0.15, 0.2) is 35.2 Å². The number of amides is 1. The van der Waals surface area contributed by atoms with Gasteiger partial charge in [0.05, 0.1) is 5.60 Å². The molecule has 7 heteroatoms. The number of carbonyl (C=O) groups excluding carboxylic acids is 1. The van der Waals surface area contributed by atoms with Gasteiger partial charge in [-0.25, -0.2) is 9.97 Å². The predicted octanol–water partition coefficient (Wildman–Crippen LogP) is 1.14. The van der Waals surface area contributed by atoms with Gasteiger partial charge in [-0.3, -0.25) is 4.79 Å². The van der Waals surface area contributed by atoms with Gasteiger partial charge in [-0.05, 0) is 31.9 Å². The molecule has 0 spiro atoms. The molecule has 1 fully saturated rings. The lowest BCUT2D eigenvalue weighted by molar-refractivity contribution is 0.0253. The third kappa shape index (κ3) is 3.50. The average molecular weight is 316 g/mol. The molecule has 0 saturated carbocycles. The molecule has 3 rings (SSSR count). The zero-order valence-electron chi connectivity index (χ0n) is 13.0. The van der Waals surface area contributed by atoms with Crippen molar-refractivity contribution in [2.24, 2.45) is 0 Å². The van der Waals surface area contributed by atoms with Crippen molar-refractivity contribution in [3.8, 4) is 0 Å². The molecule has 0 aliphatic carbocycles. The highest BCUT2D eigenvalue weighted by atomic mass is 16.3. The molecule has 2 aromatic rings. The van der Waals surface area contributed by atoms with Crippen LogP contribution in [0.2, 0.25) is 0 Å². The summed E-state index contributed by atoms with van der Waals surface area (Å²) in [5.41, 5.74) is -0.728. The Labute approximate surface area is 134 Å². The number of piperidine rings is 1. The minimum absolute atomic E-state index is 0.168. The van der Waals surface area contributed by atoms with Gasteiger partial charge < -0.3 is 19.7 Å². The van der Waals surface area contributed by atoms with Crippen molar-refractivity contribution in [1.82, 2.24) is 15.3 Å². The Morgan fingerprint density at radius 2 is 2.35 bits per heavy atom. The first-order chi connectivity index (χ1) is 11.1. The Hall–Kier alpha value is -2.41. The van der Waals surface area contributed by atoms with E-state index < -0.39 is 5.60 Å². The number of anilines is 1. The molecule has 3 heterocycles. The average Bonchev–Trinajstić information content (AvgIpc) is 3.00. The first-order valence-corrected chi connectivity index (χ1v) is 7.64. The second-order valence-electron chi connectivity index (χ2n) is 5.88. The molecule has 0 bridgehead atoms. The highest BCUT2D eigenvalue weighted by molar-refractivity contribution is 5.93. The van der Waals surface area contributed by atoms with Crippen molar-refractivity contribution in [3.05, 3.63) is 42.2 Å². The number of pyridine rings is 1. The number of carbonyl (C=O) groups is 1. The molecule has 1 atom stereocenters. The van der Waals surface area contributed by atoms with Gasteiger partial charge >= 0.3 is 0 Å². The fraction of sp³-hybridized carbons (Fsp3) is 0.438. The fourth-order valence-corrected chi connectivity index (χ4v) is 2.84. The number of hydrogen-bond acceptors (Lipinski definition) is 6. The van der Waals surface area contributed by atoms with Gasteiger partial charge in [0, 0.05) is 25.8 Å². The minimum atomic E-state index is -0.983. The van der Waals surface area contributed by atoms with Crippen molar-refractivity contribution in [1.29, 1.82) is 0 Å². The molecule has 1 saturated heterocycles. The summed E-state index contributed by atoms with van der Waals surface area (Å²) in [7, 11) is 0. The van der Waals surface area contributed by atoms with Crippen molar-refractivity contribution < 1.29 is 14.3 Å². The predicted molar refractivity (Wildman–Crippen MR) is 84.2 cm³/mol. The number of oxazole rings is 1. The number of hydrogen-bond donors (Lipinski definition) is 2. The Morgan fingerprint density at radius 3 is 3.04 bits per heavy atom. The third-order valence-electron chi connectivity index (χ3n) is 4.07. The van der Waals surface area contributed by atoms with Crippen LogP contribution in [-0.2, 0) is 0 Å². The van der Waals surface area contributed by atoms with Gasteiger partial charge in [0.1, 0.15) is 11.6 Å². The van der Waals surface area contributed by atoms with E-state index in [4.69, 9.17) is 4.42 Å². The molecule has 122 valence electrons. The van der Waals surface area contributed by atoms with Crippen molar-refractivity contribution in [2.45, 2.75) is 25.4 Å². The number of aryl methyl sites for hydroxylation is 1. The van der Waals surface area contributed by atoms with E-state index in [1.165, 1.54) is 6.39 Å². The van der Waals surface area contributed by atoms with Gasteiger partial charge in [0.15, 0.2) is 12.1 Å². The lowest BCUT2D eigenvalue weighted by Gasteiger charge is -2.39. The molecule has 2 aromatic heterocycles. The topological polar surface area (TPSA) is 91.5 Å². The molecule has 7 nitrogen and oxygen atoms in total. The summed E-state index contributed by atoms with van der Waals surface area (Å²) >= 11 is 0. The van der Waals surface area contributed by atoms with Gasteiger partial charge in [0.2, 0.25) is 0 Å². The first-order valence-electron chi connectivity index (χ1n) is 7.64. The number of β-amino-alcohol motifs (C(OH)–C–C–N with tert-alkyl or cyclic N) is 1. The van der Waals surface area contributed by atoms with Gasteiger partial charge in [-0.2, -0.15) is 0 Å². The van der Waals surface area contributed by atoms with Gasteiger partial charge in [0.25, 0.3) is 5.91 Å². The smallest absolute Gasteiger partial charge is 0.273 e. The lowest BCUT2D eigenvalue weighted by atomic mass is 9.92. The van der Waals surface area contributed by atoms with E-state index in [0.717, 1.165) is 18.8 Å². The van der Waals surface area contributed by atoms with E-state index in [-0.39, 0.29) is 18.1 Å². The molecular weight excluding hydrogens is 296 g/mol. The maximum Gasteiger partial charge on any atom is 0.273 e. The fourth-order valence-electron chi connectivity index (χ4n) is 2.84. The Balaban J connectivity index is 1.62. The standard InChI is InChI=1S/C16H20N4O3/c1-12-14(19-11-23-12)15(21)18-9-16(22)6-4-8-20(10-16)13-5-2-3-7-17-13/h2-3,5,7,11,22H,4,6,8-10H2,1H3,(H,18,21)/t16-/m1/s1. The third-order valence-corrected chi connectivity index (χ3v) is 4.07. The molecule has 0 radical (unpaired) electrons. The number of rotatable bonds is 4. The van der Waals surface area contributed by atoms with Crippen LogP contribution in [0.25, 0.3) is 0 Å². The summed E-state index contributed by atoms with van der Waals surface area (Å²) in [5.74, 6) is 0.970. The van der Waals surface area contributed by atoms with Gasteiger partial charge in [-0.15, -0.1) is 0 Å². The molecule has 0 unspecified atom stereocenters. The summed E-state index contributed by atoms with van der Waals surface area (Å²) in [6, 6.07) is 5.70. The van der Waals surface area contributed by atoms with E-state index >= 15 is 0 Å². The highest BCUT2D eigenvalue weighted by Crippen LogP contribution is 2.24. The van der Waals surface area contributed by atoms with Crippen molar-refractivity contribution in [2.75, 3.05) is 24.5 Å². The molecule has 1 aliphatic heterocycles. The summed E-state index contributed by atoms with van der Waals surface area (Å²) in [6.07, 6.45) is 4.45. The SMILES string of the molecule is Cc1ocnc1C(=O)NC[C@]1(O)CCCN(c2ccccn2)C1. The molecule has 1 aliphatic rings. The summed E-state index contributed by atoms with van der Waals surface area (Å²) < 4.78 is 5.03. The quantitative estimate of drug-likeness (QED) is 0.879. The lowest BCUT2D eigenvalue weighted by Crippen LogP contribution is -2.54. The van der Waals surface area contributed by atoms with Crippen LogP contribution in [0.4, 0.5) is 5.82 Å². The molecular formula is C16H20N4O3. The number of aromatic nitrogens is 2. The number of nitrogens with one attached hydrogen (secondary N) is 1. The van der Waals surface area contributed by atoms with Gasteiger partial charge in [-0.1, -0.05) is 6.07 Å². The zero-order valence-corrected chi connectivity index (χ0v) is 13.0. The maximum absolute atomic E-state index is 12.1. The largest absolute Gasteiger partial charge is 0.448 e. The maximum atomic E-state index is 12.1. The summed E-state index contributed by atoms with van der Waals surface area (Å²) in [6.45, 7) is 3.12. The van der Waals surface area contributed by atoms with E-state index in [0.29, 0.717) is 18.7 Å². The van der Waals surface area contributed by atoms with Crippen LogP contribution in [0.5, 0.6) is 0 Å². The van der Waals surface area contributed by atoms with E-state index in [2.05, 4.69) is 15.3 Å². The van der Waals surface area contributed by atoms with E-state index in [9.17, 15) is 9.90 Å². The van der Waals surface area contributed by atoms with Crippen LogP contribution in [0, 0.1) is 6.92 Å². The van der Waals surface area contributed by atoms with Crippen LogP contribution < -0.4 is 10.2 Å². The van der Waals surface area contributed by atoms with Crippen LogP contribution in [0.3, 0.4) is 0 Å². The minimum Gasteiger partial charge on any atom is -0.448 e. The normalized spacial score (nSPS) is 21.2. The Bertz CT molecular complexity index is 673. The van der Waals surface area contributed by atoms with Crippen molar-refractivity contribution >= 4 is 11.7 Å². The molecule has 0 aromatic carbocycles.